The molecule has 4 nitrogen and oxygen atoms in total. The lowest BCUT2D eigenvalue weighted by molar-refractivity contribution is 0.689. The van der Waals surface area contributed by atoms with Crippen LogP contribution in [0.5, 0.6) is 0 Å². The zero-order chi connectivity index (χ0) is 12.1. The summed E-state index contributed by atoms with van der Waals surface area (Å²) in [4.78, 5) is 9.07. The van der Waals surface area contributed by atoms with Gasteiger partial charge in [0, 0.05) is 17.7 Å². The Kier molecular flexibility index (Phi) is 4.62. The van der Waals surface area contributed by atoms with Crippen LogP contribution in [-0.4, -0.2) is 15.7 Å². The second-order valence-electron chi connectivity index (χ2n) is 4.36. The summed E-state index contributed by atoms with van der Waals surface area (Å²) in [5.41, 5.74) is 3.81. The van der Waals surface area contributed by atoms with Crippen LogP contribution < -0.4 is 11.3 Å². The van der Waals surface area contributed by atoms with Crippen molar-refractivity contribution in [1.82, 2.24) is 9.97 Å². The molecule has 1 aliphatic carbocycles. The van der Waals surface area contributed by atoms with Crippen LogP contribution in [0.15, 0.2) is 6.07 Å². The highest BCUT2D eigenvalue weighted by atomic mass is 32.2. The summed E-state index contributed by atoms with van der Waals surface area (Å²) in [5.74, 6) is 9.67. The highest BCUT2D eigenvalue weighted by Crippen LogP contribution is 2.33. The predicted molar refractivity (Wildman–Crippen MR) is 72.9 cm³/mol. The number of anilines is 1. The highest BCUT2D eigenvalue weighted by molar-refractivity contribution is 7.98. The number of hydrogen-bond acceptors (Lipinski definition) is 5. The van der Waals surface area contributed by atoms with Crippen molar-refractivity contribution in [3.63, 3.8) is 0 Å². The van der Waals surface area contributed by atoms with Gasteiger partial charge in [-0.2, -0.15) is 11.8 Å². The van der Waals surface area contributed by atoms with Crippen molar-refractivity contribution in [1.29, 1.82) is 0 Å². The first kappa shape index (κ1) is 12.6. The largest absolute Gasteiger partial charge is 0.308 e. The van der Waals surface area contributed by atoms with Crippen molar-refractivity contribution in [2.45, 2.75) is 44.3 Å². The summed E-state index contributed by atoms with van der Waals surface area (Å²) in [5, 5.41) is 0. The number of nitrogen functional groups attached to an aromatic ring is 1. The smallest absolute Gasteiger partial charge is 0.143 e. The lowest BCUT2D eigenvalue weighted by atomic mass is 10.0. The van der Waals surface area contributed by atoms with E-state index in [1.807, 2.05) is 17.8 Å². The van der Waals surface area contributed by atoms with Gasteiger partial charge in [-0.3, -0.25) is 0 Å². The topological polar surface area (TPSA) is 63.8 Å². The monoisotopic (exact) mass is 252 g/mol. The molecule has 0 aliphatic heterocycles. The Morgan fingerprint density at radius 1 is 1.41 bits per heavy atom. The Balaban J connectivity index is 2.18. The van der Waals surface area contributed by atoms with E-state index in [1.165, 1.54) is 25.7 Å². The molecule has 1 saturated carbocycles. The first-order valence-electron chi connectivity index (χ1n) is 6.25. The second kappa shape index (κ2) is 6.21. The minimum Gasteiger partial charge on any atom is -0.308 e. The molecule has 3 N–H and O–H groups in total. The molecule has 1 heterocycles. The fourth-order valence-electron chi connectivity index (χ4n) is 2.28. The first-order valence-corrected chi connectivity index (χ1v) is 7.41. The van der Waals surface area contributed by atoms with Crippen LogP contribution >= 0.6 is 11.8 Å². The molecule has 0 radical (unpaired) electrons. The third kappa shape index (κ3) is 3.33. The maximum atomic E-state index is 5.47. The number of hydrazine groups is 1. The fourth-order valence-corrected chi connectivity index (χ4v) is 2.80. The van der Waals surface area contributed by atoms with Crippen molar-refractivity contribution >= 4 is 17.6 Å². The molecule has 1 aromatic rings. The van der Waals surface area contributed by atoms with Gasteiger partial charge in [-0.25, -0.2) is 15.8 Å². The number of nitrogens with two attached hydrogens (primary N) is 1. The first-order chi connectivity index (χ1) is 8.33. The molecule has 0 amide bonds. The molecule has 0 aromatic carbocycles. The Hall–Kier alpha value is -0.810. The number of aromatic nitrogens is 2. The van der Waals surface area contributed by atoms with Gasteiger partial charge in [-0.15, -0.1) is 0 Å². The molecule has 0 bridgehead atoms. The molecule has 17 heavy (non-hydrogen) atoms. The van der Waals surface area contributed by atoms with Gasteiger partial charge in [0.25, 0.3) is 0 Å². The maximum Gasteiger partial charge on any atom is 0.143 e. The summed E-state index contributed by atoms with van der Waals surface area (Å²) in [6.45, 7) is 2.15. The molecular formula is C12H20N4S. The van der Waals surface area contributed by atoms with E-state index >= 15 is 0 Å². The zero-order valence-corrected chi connectivity index (χ0v) is 11.1. The van der Waals surface area contributed by atoms with E-state index in [9.17, 15) is 0 Å². The third-order valence-electron chi connectivity index (χ3n) is 3.15. The van der Waals surface area contributed by atoms with Crippen LogP contribution in [0, 0.1) is 0 Å². The van der Waals surface area contributed by atoms with E-state index in [2.05, 4.69) is 22.3 Å². The van der Waals surface area contributed by atoms with Crippen molar-refractivity contribution < 1.29 is 0 Å². The van der Waals surface area contributed by atoms with Crippen molar-refractivity contribution in [2.24, 2.45) is 5.84 Å². The van der Waals surface area contributed by atoms with Gasteiger partial charge in [0.15, 0.2) is 0 Å². The van der Waals surface area contributed by atoms with Gasteiger partial charge in [0.05, 0.1) is 5.75 Å². The molecule has 2 rings (SSSR count). The van der Waals surface area contributed by atoms with Gasteiger partial charge in [-0.1, -0.05) is 19.8 Å². The van der Waals surface area contributed by atoms with Crippen LogP contribution in [0.1, 0.15) is 50.0 Å². The number of hydrogen-bond donors (Lipinski definition) is 2. The van der Waals surface area contributed by atoms with Gasteiger partial charge < -0.3 is 5.43 Å². The molecule has 94 valence electrons. The van der Waals surface area contributed by atoms with Crippen molar-refractivity contribution in [2.75, 3.05) is 11.2 Å². The van der Waals surface area contributed by atoms with Crippen molar-refractivity contribution in [3.05, 3.63) is 17.6 Å². The average Bonchev–Trinajstić information content (AvgIpc) is 2.89. The number of thioether (sulfide) groups is 1. The number of rotatable bonds is 5. The number of nitrogens with zero attached hydrogens (tertiary/aromatic N) is 2. The molecule has 5 heteroatoms. The minimum atomic E-state index is 0.607. The molecule has 0 saturated heterocycles. The quantitative estimate of drug-likeness (QED) is 0.623. The lowest BCUT2D eigenvalue weighted by Gasteiger charge is -2.11. The summed E-state index contributed by atoms with van der Waals surface area (Å²) in [7, 11) is 0. The summed E-state index contributed by atoms with van der Waals surface area (Å²) in [6.07, 6.45) is 5.14. The van der Waals surface area contributed by atoms with E-state index in [0.717, 1.165) is 28.8 Å². The SMILES string of the molecule is CCSCc1nc(NN)cc(C2CCCC2)n1. The third-order valence-corrected chi connectivity index (χ3v) is 4.02. The standard InChI is InChI=1S/C12H20N4S/c1-2-17-8-12-14-10(7-11(15-12)16-13)9-5-3-4-6-9/h7,9H,2-6,8,13H2,1H3,(H,14,15,16). The van der Waals surface area contributed by atoms with E-state index in [1.54, 1.807) is 0 Å². The number of nitrogens with one attached hydrogen (secondary N) is 1. The highest BCUT2D eigenvalue weighted by Gasteiger charge is 2.19. The fraction of sp³-hybridized carbons (Fsp3) is 0.667. The van der Waals surface area contributed by atoms with Gasteiger partial charge >= 0.3 is 0 Å². The summed E-state index contributed by atoms with van der Waals surface area (Å²) in [6, 6.07) is 2.00. The van der Waals surface area contributed by atoms with E-state index in [-0.39, 0.29) is 0 Å². The normalized spacial score (nSPS) is 16.4. The Morgan fingerprint density at radius 2 is 2.18 bits per heavy atom. The average molecular weight is 252 g/mol. The Bertz CT molecular complexity index is 364. The van der Waals surface area contributed by atoms with Crippen molar-refractivity contribution in [3.8, 4) is 0 Å². The van der Waals surface area contributed by atoms with E-state index in [0.29, 0.717) is 5.92 Å². The molecule has 1 aromatic heterocycles. The predicted octanol–water partition coefficient (Wildman–Crippen LogP) is 2.67. The maximum absolute atomic E-state index is 5.47. The molecule has 0 atom stereocenters. The van der Waals surface area contributed by atoms with Crippen LogP contribution in [-0.2, 0) is 5.75 Å². The van der Waals surface area contributed by atoms with Crippen LogP contribution in [0.3, 0.4) is 0 Å². The Morgan fingerprint density at radius 3 is 2.82 bits per heavy atom. The minimum absolute atomic E-state index is 0.607. The molecular weight excluding hydrogens is 232 g/mol. The second-order valence-corrected chi connectivity index (χ2v) is 5.63. The van der Waals surface area contributed by atoms with E-state index < -0.39 is 0 Å². The van der Waals surface area contributed by atoms with Gasteiger partial charge in [-0.05, 0) is 18.6 Å². The van der Waals surface area contributed by atoms with Crippen LogP contribution in [0.2, 0.25) is 0 Å². The summed E-state index contributed by atoms with van der Waals surface area (Å²) < 4.78 is 0. The molecule has 0 spiro atoms. The van der Waals surface area contributed by atoms with Gasteiger partial charge in [0.1, 0.15) is 11.6 Å². The van der Waals surface area contributed by atoms with E-state index in [4.69, 9.17) is 5.84 Å². The van der Waals surface area contributed by atoms with Gasteiger partial charge in [0.2, 0.25) is 0 Å². The lowest BCUT2D eigenvalue weighted by Crippen LogP contribution is -2.12. The Labute approximate surface area is 107 Å². The van der Waals surface area contributed by atoms with Crippen LogP contribution in [0.4, 0.5) is 5.82 Å². The zero-order valence-electron chi connectivity index (χ0n) is 10.3. The molecule has 0 unspecified atom stereocenters. The van der Waals surface area contributed by atoms with Crippen LogP contribution in [0.25, 0.3) is 0 Å². The summed E-state index contributed by atoms with van der Waals surface area (Å²) >= 11 is 1.84. The molecule has 1 fully saturated rings. The molecule has 1 aliphatic rings.